The van der Waals surface area contributed by atoms with Crippen LogP contribution in [0.2, 0.25) is 0 Å². The minimum absolute atomic E-state index is 0.00733. The van der Waals surface area contributed by atoms with Gasteiger partial charge in [-0.2, -0.15) is 26.3 Å². The fourth-order valence-electron chi connectivity index (χ4n) is 2.08. The van der Waals surface area contributed by atoms with Gasteiger partial charge in [0.15, 0.2) is 5.41 Å². The molecule has 1 saturated heterocycles. The van der Waals surface area contributed by atoms with E-state index in [-0.39, 0.29) is 32.4 Å². The number of rotatable bonds is 5. The van der Waals surface area contributed by atoms with Crippen LogP contribution in [0.25, 0.3) is 0 Å². The lowest BCUT2D eigenvalue weighted by Gasteiger charge is -2.29. The Bertz CT molecular complexity index is 333. The third-order valence-electron chi connectivity index (χ3n) is 3.31. The van der Waals surface area contributed by atoms with Crippen molar-refractivity contribution in [2.24, 2.45) is 5.41 Å². The van der Waals surface area contributed by atoms with E-state index in [1.807, 2.05) is 0 Å². The number of unbranched alkanes of at least 4 members (excludes halogenated alkanes) is 1. The zero-order valence-corrected chi connectivity index (χ0v) is 10.6. The van der Waals surface area contributed by atoms with E-state index >= 15 is 0 Å². The third-order valence-corrected chi connectivity index (χ3v) is 3.31. The highest BCUT2D eigenvalue weighted by Crippen LogP contribution is 2.43. The van der Waals surface area contributed by atoms with E-state index < -0.39 is 36.6 Å². The van der Waals surface area contributed by atoms with Gasteiger partial charge in [-0.25, -0.2) is 0 Å². The minimum Gasteiger partial charge on any atom is -0.355 e. The largest absolute Gasteiger partial charge is 0.404 e. The van der Waals surface area contributed by atoms with E-state index in [0.29, 0.717) is 0 Å². The summed E-state index contributed by atoms with van der Waals surface area (Å²) in [6.45, 7) is -0.599. The molecule has 0 bridgehead atoms. The standard InChI is InChI=1S/C11H16F6N2O/c12-10(13,14)3-1-2-5-19-8(20)9(11(15,16)17)4-6-18-7-9/h18H,1-7H2,(H,19,20). The van der Waals surface area contributed by atoms with E-state index in [4.69, 9.17) is 0 Å². The van der Waals surface area contributed by atoms with Crippen molar-refractivity contribution >= 4 is 5.91 Å². The molecule has 20 heavy (non-hydrogen) atoms. The lowest BCUT2D eigenvalue weighted by molar-refractivity contribution is -0.216. The van der Waals surface area contributed by atoms with Crippen molar-refractivity contribution in [3.05, 3.63) is 0 Å². The van der Waals surface area contributed by atoms with Crippen LogP contribution in [0.4, 0.5) is 26.3 Å². The van der Waals surface area contributed by atoms with Gasteiger partial charge in [0.2, 0.25) is 5.91 Å². The molecule has 1 aliphatic heterocycles. The summed E-state index contributed by atoms with van der Waals surface area (Å²) in [6, 6.07) is 0. The first-order chi connectivity index (χ1) is 9.08. The SMILES string of the molecule is O=C(NCCCCC(F)(F)F)C1(C(F)(F)F)CCNC1. The molecule has 1 amide bonds. The highest BCUT2D eigenvalue weighted by molar-refractivity contribution is 5.84. The molecule has 0 aromatic heterocycles. The van der Waals surface area contributed by atoms with E-state index in [2.05, 4.69) is 10.6 Å². The predicted octanol–water partition coefficient (Wildman–Crippen LogP) is 2.38. The molecule has 1 atom stereocenters. The molecule has 1 heterocycles. The average Bonchev–Trinajstić information content (AvgIpc) is 2.76. The summed E-state index contributed by atoms with van der Waals surface area (Å²) >= 11 is 0. The van der Waals surface area contributed by atoms with Crippen molar-refractivity contribution in [3.8, 4) is 0 Å². The molecule has 0 aliphatic carbocycles. The topological polar surface area (TPSA) is 41.1 Å². The Balaban J connectivity index is 2.41. The van der Waals surface area contributed by atoms with Gasteiger partial charge in [0, 0.05) is 19.5 Å². The van der Waals surface area contributed by atoms with Crippen LogP contribution in [0.3, 0.4) is 0 Å². The first kappa shape index (κ1) is 17.1. The minimum atomic E-state index is -4.67. The molecule has 3 nitrogen and oxygen atoms in total. The van der Waals surface area contributed by atoms with Crippen LogP contribution < -0.4 is 10.6 Å². The van der Waals surface area contributed by atoms with Gasteiger partial charge in [-0.05, 0) is 25.8 Å². The maximum atomic E-state index is 12.9. The summed E-state index contributed by atoms with van der Waals surface area (Å²) in [5.74, 6) is -1.16. The quantitative estimate of drug-likeness (QED) is 0.605. The number of hydrogen-bond acceptors (Lipinski definition) is 2. The van der Waals surface area contributed by atoms with E-state index in [0.717, 1.165) is 0 Å². The Labute approximate surface area is 112 Å². The smallest absolute Gasteiger partial charge is 0.355 e. The van der Waals surface area contributed by atoms with Gasteiger partial charge in [0.1, 0.15) is 0 Å². The van der Waals surface area contributed by atoms with Crippen LogP contribution in [-0.4, -0.2) is 37.9 Å². The second kappa shape index (κ2) is 6.19. The van der Waals surface area contributed by atoms with Crippen LogP contribution in [0.15, 0.2) is 0 Å². The van der Waals surface area contributed by atoms with Gasteiger partial charge in [-0.3, -0.25) is 4.79 Å². The number of carbonyl (C=O) groups is 1. The Kier molecular flexibility index (Phi) is 5.28. The molecular weight excluding hydrogens is 290 g/mol. The molecule has 9 heteroatoms. The highest BCUT2D eigenvalue weighted by Gasteiger charge is 2.61. The Hall–Kier alpha value is -0.990. The summed E-state index contributed by atoms with van der Waals surface area (Å²) in [4.78, 5) is 11.7. The van der Waals surface area contributed by atoms with Gasteiger partial charge in [-0.15, -0.1) is 0 Å². The number of alkyl halides is 6. The molecule has 2 N–H and O–H groups in total. The van der Waals surface area contributed by atoms with Gasteiger partial charge in [-0.1, -0.05) is 0 Å². The monoisotopic (exact) mass is 306 g/mol. The fraction of sp³-hybridized carbons (Fsp3) is 0.909. The maximum Gasteiger partial charge on any atom is 0.404 e. The normalized spacial score (nSPS) is 23.9. The highest BCUT2D eigenvalue weighted by atomic mass is 19.4. The van der Waals surface area contributed by atoms with Crippen molar-refractivity contribution in [1.29, 1.82) is 0 Å². The Morgan fingerprint density at radius 1 is 1.15 bits per heavy atom. The second-order valence-corrected chi connectivity index (χ2v) is 4.83. The van der Waals surface area contributed by atoms with E-state index in [1.165, 1.54) is 0 Å². The van der Waals surface area contributed by atoms with Crippen LogP contribution in [0.1, 0.15) is 25.7 Å². The average molecular weight is 306 g/mol. The van der Waals surface area contributed by atoms with Gasteiger partial charge in [0.25, 0.3) is 0 Å². The molecule has 0 saturated carbocycles. The lowest BCUT2D eigenvalue weighted by atomic mass is 9.85. The zero-order chi connectivity index (χ0) is 15.4. The summed E-state index contributed by atoms with van der Waals surface area (Å²) in [5.41, 5.74) is -2.46. The number of hydrogen-bond donors (Lipinski definition) is 2. The maximum absolute atomic E-state index is 12.9. The summed E-state index contributed by atoms with van der Waals surface area (Å²) in [7, 11) is 0. The molecule has 0 aromatic rings. The van der Waals surface area contributed by atoms with E-state index in [1.54, 1.807) is 0 Å². The van der Waals surface area contributed by atoms with Crippen molar-refractivity contribution in [2.45, 2.75) is 38.0 Å². The molecule has 0 radical (unpaired) electrons. The number of amides is 1. The molecular formula is C11H16F6N2O. The van der Waals surface area contributed by atoms with Crippen molar-refractivity contribution in [2.75, 3.05) is 19.6 Å². The molecule has 1 unspecified atom stereocenters. The van der Waals surface area contributed by atoms with Crippen molar-refractivity contribution in [3.63, 3.8) is 0 Å². The van der Waals surface area contributed by atoms with Crippen LogP contribution >= 0.6 is 0 Å². The Morgan fingerprint density at radius 2 is 1.80 bits per heavy atom. The molecule has 0 aromatic carbocycles. The molecule has 1 aliphatic rings. The first-order valence-electron chi connectivity index (χ1n) is 6.21. The van der Waals surface area contributed by atoms with Crippen LogP contribution in [-0.2, 0) is 4.79 Å². The molecule has 0 spiro atoms. The number of carbonyl (C=O) groups excluding carboxylic acids is 1. The zero-order valence-electron chi connectivity index (χ0n) is 10.6. The van der Waals surface area contributed by atoms with Crippen molar-refractivity contribution < 1.29 is 31.1 Å². The molecule has 118 valence electrons. The predicted molar refractivity (Wildman–Crippen MR) is 58.9 cm³/mol. The van der Waals surface area contributed by atoms with Crippen LogP contribution in [0, 0.1) is 5.41 Å². The third kappa shape index (κ3) is 4.26. The van der Waals surface area contributed by atoms with Crippen LogP contribution in [0.5, 0.6) is 0 Å². The lowest BCUT2D eigenvalue weighted by Crippen LogP contribution is -2.52. The summed E-state index contributed by atoms with van der Waals surface area (Å²) in [5, 5.41) is 4.58. The number of nitrogens with one attached hydrogen (secondary N) is 2. The van der Waals surface area contributed by atoms with Gasteiger partial charge < -0.3 is 10.6 Å². The first-order valence-corrected chi connectivity index (χ1v) is 6.21. The fourth-order valence-corrected chi connectivity index (χ4v) is 2.08. The Morgan fingerprint density at radius 3 is 2.25 bits per heavy atom. The van der Waals surface area contributed by atoms with Gasteiger partial charge in [0.05, 0.1) is 0 Å². The summed E-state index contributed by atoms with van der Waals surface area (Å²) in [6.07, 6.45) is -10.5. The van der Waals surface area contributed by atoms with Crippen molar-refractivity contribution in [1.82, 2.24) is 10.6 Å². The molecule has 1 rings (SSSR count). The second-order valence-electron chi connectivity index (χ2n) is 4.83. The summed E-state index contributed by atoms with van der Waals surface area (Å²) < 4.78 is 74.4. The van der Waals surface area contributed by atoms with Gasteiger partial charge >= 0.3 is 12.4 Å². The molecule has 1 fully saturated rings. The van der Waals surface area contributed by atoms with E-state index in [9.17, 15) is 31.1 Å². The number of halogens is 6.